The number of H-pyrrole nitrogens is 1. The lowest BCUT2D eigenvalue weighted by atomic mass is 10.0. The predicted molar refractivity (Wildman–Crippen MR) is 103 cm³/mol. The van der Waals surface area contributed by atoms with E-state index in [9.17, 15) is 14.7 Å². The Balaban J connectivity index is 1.74. The van der Waals surface area contributed by atoms with Gasteiger partial charge in [0, 0.05) is 36.4 Å². The minimum Gasteiger partial charge on any atom is -0.382 e. The fraction of sp³-hybridized carbons (Fsp3) is 0.300. The van der Waals surface area contributed by atoms with E-state index in [4.69, 9.17) is 0 Å². The number of fused-ring (bicyclic) bond motifs is 1. The molecular formula is C20H21N5O3. The Morgan fingerprint density at radius 2 is 2.07 bits per heavy atom. The van der Waals surface area contributed by atoms with Crippen LogP contribution in [0.4, 0.5) is 0 Å². The summed E-state index contributed by atoms with van der Waals surface area (Å²) in [5.41, 5.74) is 1.83. The second-order valence-electron chi connectivity index (χ2n) is 7.08. The molecule has 8 heteroatoms. The lowest BCUT2D eigenvalue weighted by Crippen LogP contribution is -2.28. The quantitative estimate of drug-likeness (QED) is 0.536. The van der Waals surface area contributed by atoms with Crippen LogP contribution in [0.3, 0.4) is 0 Å². The maximum atomic E-state index is 12.6. The molecule has 0 unspecified atom stereocenters. The number of amides is 2. The van der Waals surface area contributed by atoms with Crippen LogP contribution in [-0.4, -0.2) is 45.0 Å². The van der Waals surface area contributed by atoms with E-state index in [2.05, 4.69) is 32.5 Å². The van der Waals surface area contributed by atoms with Gasteiger partial charge < -0.3 is 20.7 Å². The van der Waals surface area contributed by atoms with Gasteiger partial charge in [-0.1, -0.05) is 6.92 Å². The first kappa shape index (κ1) is 18.1. The molecule has 3 aromatic heterocycles. The van der Waals surface area contributed by atoms with Crippen LogP contribution >= 0.6 is 0 Å². The highest BCUT2D eigenvalue weighted by Gasteiger charge is 2.34. The Bertz CT molecular complexity index is 1060. The first-order chi connectivity index (χ1) is 13.5. The normalized spacial score (nSPS) is 19.2. The molecule has 3 heterocycles. The molecule has 144 valence electrons. The lowest BCUT2D eigenvalue weighted by Gasteiger charge is -2.14. The van der Waals surface area contributed by atoms with Crippen LogP contribution in [0.25, 0.3) is 11.0 Å². The molecule has 1 fully saturated rings. The first-order valence-electron chi connectivity index (χ1n) is 9.13. The number of aliphatic hydroxyl groups is 1. The van der Waals surface area contributed by atoms with Gasteiger partial charge in [-0.25, -0.2) is 9.97 Å². The molecule has 0 radical (unpaired) electrons. The van der Waals surface area contributed by atoms with Crippen LogP contribution in [0.5, 0.6) is 0 Å². The molecule has 0 aromatic carbocycles. The zero-order chi connectivity index (χ0) is 19.8. The van der Waals surface area contributed by atoms with Gasteiger partial charge >= 0.3 is 0 Å². The molecule has 28 heavy (non-hydrogen) atoms. The Morgan fingerprint density at radius 3 is 2.79 bits per heavy atom. The maximum absolute atomic E-state index is 12.6. The van der Waals surface area contributed by atoms with Crippen LogP contribution in [0, 0.1) is 5.92 Å². The van der Waals surface area contributed by atoms with Crippen molar-refractivity contribution in [3.05, 3.63) is 59.2 Å². The van der Waals surface area contributed by atoms with E-state index in [0.29, 0.717) is 22.7 Å². The van der Waals surface area contributed by atoms with Gasteiger partial charge in [0.15, 0.2) is 0 Å². The van der Waals surface area contributed by atoms with Crippen molar-refractivity contribution in [2.45, 2.75) is 25.5 Å². The van der Waals surface area contributed by atoms with Gasteiger partial charge in [0.2, 0.25) is 0 Å². The van der Waals surface area contributed by atoms with Crippen LogP contribution in [0.1, 0.15) is 51.6 Å². The summed E-state index contributed by atoms with van der Waals surface area (Å²) in [6, 6.07) is 6.62. The summed E-state index contributed by atoms with van der Waals surface area (Å²) in [5, 5.41) is 17.2. The number of carbonyl (C=O) groups excluding carboxylic acids is 2. The van der Waals surface area contributed by atoms with Crippen molar-refractivity contribution in [2.24, 2.45) is 5.92 Å². The number of pyridine rings is 2. The van der Waals surface area contributed by atoms with Gasteiger partial charge in [-0.2, -0.15) is 0 Å². The fourth-order valence-electron chi connectivity index (χ4n) is 3.22. The number of aromatic amines is 1. The molecule has 0 saturated heterocycles. The summed E-state index contributed by atoms with van der Waals surface area (Å²) in [7, 11) is 1.49. The number of aromatic nitrogens is 3. The Hall–Kier alpha value is -3.26. The van der Waals surface area contributed by atoms with Gasteiger partial charge in [0.05, 0.1) is 5.69 Å². The van der Waals surface area contributed by atoms with E-state index in [1.54, 1.807) is 18.5 Å². The lowest BCUT2D eigenvalue weighted by molar-refractivity contribution is 0.0949. The average molecular weight is 379 g/mol. The van der Waals surface area contributed by atoms with Crippen LogP contribution < -0.4 is 10.6 Å². The highest BCUT2D eigenvalue weighted by molar-refractivity contribution is 5.99. The van der Waals surface area contributed by atoms with Crippen molar-refractivity contribution >= 4 is 22.8 Å². The molecule has 1 saturated carbocycles. The fourth-order valence-corrected chi connectivity index (χ4v) is 3.22. The summed E-state index contributed by atoms with van der Waals surface area (Å²) in [5.74, 6) is -0.255. The Morgan fingerprint density at radius 1 is 1.29 bits per heavy atom. The number of rotatable bonds is 5. The predicted octanol–water partition coefficient (Wildman–Crippen LogP) is 1.54. The van der Waals surface area contributed by atoms with Gasteiger partial charge in [-0.3, -0.25) is 9.59 Å². The van der Waals surface area contributed by atoms with Crippen molar-refractivity contribution in [1.82, 2.24) is 25.6 Å². The molecule has 3 atom stereocenters. The summed E-state index contributed by atoms with van der Waals surface area (Å²) in [4.78, 5) is 36.3. The van der Waals surface area contributed by atoms with Crippen molar-refractivity contribution in [3.8, 4) is 0 Å². The molecule has 1 aliphatic carbocycles. The van der Waals surface area contributed by atoms with Gasteiger partial charge in [0.1, 0.15) is 17.4 Å². The highest BCUT2D eigenvalue weighted by Crippen LogP contribution is 2.30. The topological polar surface area (TPSA) is 120 Å². The van der Waals surface area contributed by atoms with Crippen LogP contribution in [0.15, 0.2) is 36.7 Å². The SMILES string of the molecule is CNC(=O)c1cc(C(=O)N[C@H]2C[C@@H]2C)cc([C@H](O)c2ccnc3[nH]ccc23)n1. The summed E-state index contributed by atoms with van der Waals surface area (Å²) in [6.45, 7) is 2.06. The summed E-state index contributed by atoms with van der Waals surface area (Å²) in [6.07, 6.45) is 3.15. The largest absolute Gasteiger partial charge is 0.382 e. The van der Waals surface area contributed by atoms with E-state index in [1.807, 2.05) is 6.07 Å². The average Bonchev–Trinajstić information content (AvgIpc) is 3.19. The molecular weight excluding hydrogens is 358 g/mol. The molecule has 0 aliphatic heterocycles. The van der Waals surface area contributed by atoms with Gasteiger partial charge in [-0.05, 0) is 42.2 Å². The Kier molecular flexibility index (Phi) is 4.56. The van der Waals surface area contributed by atoms with Crippen molar-refractivity contribution in [3.63, 3.8) is 0 Å². The standard InChI is InChI=1S/C20H21N5O3/c1-10-7-14(10)25-19(27)11-8-15(24-16(9-11)20(28)21-2)17(26)12-3-5-22-18-13(12)4-6-23-18/h3-6,8-10,14,17,26H,7H2,1-2H3,(H,21,28)(H,22,23)(H,25,27)/t10-,14-,17+/m0/s1. The molecule has 2 amide bonds. The maximum Gasteiger partial charge on any atom is 0.269 e. The van der Waals surface area contributed by atoms with Gasteiger partial charge in [0.25, 0.3) is 11.8 Å². The first-order valence-corrected chi connectivity index (χ1v) is 9.13. The number of aliphatic hydroxyl groups excluding tert-OH is 1. The van der Waals surface area contributed by atoms with Crippen LogP contribution in [-0.2, 0) is 0 Å². The van der Waals surface area contributed by atoms with Crippen molar-refractivity contribution in [1.29, 1.82) is 0 Å². The number of carbonyl (C=O) groups is 2. The molecule has 0 spiro atoms. The molecule has 0 bridgehead atoms. The van der Waals surface area contributed by atoms with Crippen molar-refractivity contribution < 1.29 is 14.7 Å². The Labute approximate surface area is 161 Å². The molecule has 8 nitrogen and oxygen atoms in total. The third-order valence-corrected chi connectivity index (χ3v) is 5.06. The number of hydrogen-bond donors (Lipinski definition) is 4. The molecule has 4 N–H and O–H groups in total. The van der Waals surface area contributed by atoms with Gasteiger partial charge in [-0.15, -0.1) is 0 Å². The minimum atomic E-state index is -1.11. The zero-order valence-electron chi connectivity index (χ0n) is 15.6. The highest BCUT2D eigenvalue weighted by atomic mass is 16.3. The minimum absolute atomic E-state index is 0.0763. The van der Waals surface area contributed by atoms with E-state index < -0.39 is 12.0 Å². The molecule has 1 aliphatic rings. The summed E-state index contributed by atoms with van der Waals surface area (Å²) >= 11 is 0. The van der Waals surface area contributed by atoms with Crippen LogP contribution in [0.2, 0.25) is 0 Å². The van der Waals surface area contributed by atoms with E-state index in [-0.39, 0.29) is 23.3 Å². The number of hydrogen-bond acceptors (Lipinski definition) is 5. The second kappa shape index (κ2) is 7.05. The number of nitrogens with one attached hydrogen (secondary N) is 3. The van der Waals surface area contributed by atoms with Crippen molar-refractivity contribution in [2.75, 3.05) is 7.05 Å². The van der Waals surface area contributed by atoms with E-state index in [1.165, 1.54) is 19.2 Å². The molecule has 3 aromatic rings. The third kappa shape index (κ3) is 3.34. The summed E-state index contributed by atoms with van der Waals surface area (Å²) < 4.78 is 0. The molecule has 4 rings (SSSR count). The third-order valence-electron chi connectivity index (χ3n) is 5.06. The smallest absolute Gasteiger partial charge is 0.269 e. The van der Waals surface area contributed by atoms with E-state index >= 15 is 0 Å². The second-order valence-corrected chi connectivity index (χ2v) is 7.08. The number of nitrogens with zero attached hydrogens (tertiary/aromatic N) is 2. The zero-order valence-corrected chi connectivity index (χ0v) is 15.6. The van der Waals surface area contributed by atoms with E-state index in [0.717, 1.165) is 11.8 Å². The monoisotopic (exact) mass is 379 g/mol.